The second kappa shape index (κ2) is 8.66. The number of hydrogen-bond acceptors (Lipinski definition) is 5. The van der Waals surface area contributed by atoms with Gasteiger partial charge in [0.2, 0.25) is 0 Å². The zero-order chi connectivity index (χ0) is 21.3. The molecule has 0 N–H and O–H groups in total. The molecule has 4 rings (SSSR count). The zero-order valence-electron chi connectivity index (χ0n) is 17.1. The Bertz CT molecular complexity index is 1140. The van der Waals surface area contributed by atoms with Gasteiger partial charge < -0.3 is 4.52 Å². The molecule has 154 valence electrons. The largest absolute Gasteiger partial charge is 0.360 e. The predicted molar refractivity (Wildman–Crippen MR) is 122 cm³/mol. The number of aryl methyl sites for hydroxylation is 3. The Morgan fingerprint density at radius 3 is 2.80 bits per heavy atom. The maximum Gasteiger partial charge on any atom is 0.265 e. The molecule has 1 amide bonds. The van der Waals surface area contributed by atoms with Crippen molar-refractivity contribution in [1.82, 2.24) is 10.1 Å². The quantitative estimate of drug-likeness (QED) is 0.525. The third-order valence-corrected chi connectivity index (χ3v) is 6.51. The van der Waals surface area contributed by atoms with E-state index in [9.17, 15) is 4.79 Å². The molecule has 0 unspecified atom stereocenters. The van der Waals surface area contributed by atoms with Crippen molar-refractivity contribution in [2.45, 2.75) is 26.5 Å². The summed E-state index contributed by atoms with van der Waals surface area (Å²) in [6.45, 7) is 7.07. The summed E-state index contributed by atoms with van der Waals surface area (Å²) in [4.78, 5) is 19.8. The van der Waals surface area contributed by atoms with Gasteiger partial charge in [0, 0.05) is 17.9 Å². The van der Waals surface area contributed by atoms with Gasteiger partial charge in [-0.15, -0.1) is 0 Å². The van der Waals surface area contributed by atoms with Gasteiger partial charge in [0.1, 0.15) is 17.0 Å². The normalized spacial score (nSPS) is 13.6. The van der Waals surface area contributed by atoms with Crippen LogP contribution in [0.15, 0.2) is 52.0 Å². The summed E-state index contributed by atoms with van der Waals surface area (Å²) in [6, 6.07) is 13.7. The molecule has 0 spiro atoms. The van der Waals surface area contributed by atoms with Crippen molar-refractivity contribution >= 4 is 34.4 Å². The van der Waals surface area contributed by atoms with E-state index in [1.54, 1.807) is 29.7 Å². The highest BCUT2D eigenvalue weighted by Gasteiger charge is 2.31. The highest BCUT2D eigenvalue weighted by Crippen LogP contribution is 2.33. The minimum absolute atomic E-state index is 0.159. The molecule has 0 bridgehead atoms. The molecular weight excluding hydrogens is 418 g/mol. The summed E-state index contributed by atoms with van der Waals surface area (Å²) < 4.78 is 5.38. The number of benzene rings is 2. The zero-order valence-corrected chi connectivity index (χ0v) is 18.7. The Balaban J connectivity index is 1.58. The van der Waals surface area contributed by atoms with Crippen LogP contribution < -0.4 is 0 Å². The molecular formula is C23H22ClN3O2S. The summed E-state index contributed by atoms with van der Waals surface area (Å²) in [5.74, 6) is 1.07. The van der Waals surface area contributed by atoms with Crippen LogP contribution in [0.2, 0.25) is 5.02 Å². The Labute approximate surface area is 185 Å². The molecule has 0 fully saturated rings. The van der Waals surface area contributed by atoms with Gasteiger partial charge in [0.15, 0.2) is 5.17 Å². The SMILES string of the molecule is Cc1ccc(C)c(CSC2=NCCN2C(=O)c2c(-c3ccccc3Cl)noc2C)c1. The molecule has 1 aromatic heterocycles. The average Bonchev–Trinajstić information content (AvgIpc) is 3.35. The van der Waals surface area contributed by atoms with Crippen molar-refractivity contribution in [3.63, 3.8) is 0 Å². The molecule has 0 atom stereocenters. The van der Waals surface area contributed by atoms with E-state index in [2.05, 4.69) is 42.2 Å². The van der Waals surface area contributed by atoms with E-state index in [-0.39, 0.29) is 5.91 Å². The number of nitrogens with zero attached hydrogens (tertiary/aromatic N) is 3. The minimum Gasteiger partial charge on any atom is -0.360 e. The fourth-order valence-corrected chi connectivity index (χ4v) is 4.77. The van der Waals surface area contributed by atoms with Crippen LogP contribution >= 0.6 is 23.4 Å². The van der Waals surface area contributed by atoms with Crippen molar-refractivity contribution < 1.29 is 9.32 Å². The van der Waals surface area contributed by atoms with E-state index in [4.69, 9.17) is 16.1 Å². The van der Waals surface area contributed by atoms with E-state index in [0.29, 0.717) is 40.7 Å². The van der Waals surface area contributed by atoms with Crippen LogP contribution in [0.4, 0.5) is 0 Å². The van der Waals surface area contributed by atoms with Gasteiger partial charge in [-0.05, 0) is 38.0 Å². The first kappa shape index (κ1) is 20.7. The van der Waals surface area contributed by atoms with Gasteiger partial charge in [-0.3, -0.25) is 14.7 Å². The second-order valence-corrected chi connectivity index (χ2v) is 8.63. The van der Waals surface area contributed by atoms with Crippen molar-refractivity contribution in [1.29, 1.82) is 0 Å². The molecule has 0 radical (unpaired) electrons. The van der Waals surface area contributed by atoms with Crippen molar-refractivity contribution in [3.05, 3.63) is 75.5 Å². The molecule has 0 aliphatic carbocycles. The van der Waals surface area contributed by atoms with Gasteiger partial charge in [0.25, 0.3) is 5.91 Å². The smallest absolute Gasteiger partial charge is 0.265 e. The summed E-state index contributed by atoms with van der Waals surface area (Å²) in [5.41, 5.74) is 5.29. The van der Waals surface area contributed by atoms with E-state index in [0.717, 1.165) is 10.9 Å². The lowest BCUT2D eigenvalue weighted by Gasteiger charge is -2.18. The van der Waals surface area contributed by atoms with E-state index >= 15 is 0 Å². The molecule has 2 aromatic carbocycles. The summed E-state index contributed by atoms with van der Waals surface area (Å²) in [7, 11) is 0. The summed E-state index contributed by atoms with van der Waals surface area (Å²) >= 11 is 7.93. The molecule has 1 aliphatic rings. The van der Waals surface area contributed by atoms with Gasteiger partial charge in [0.05, 0.1) is 11.6 Å². The second-order valence-electron chi connectivity index (χ2n) is 7.28. The van der Waals surface area contributed by atoms with Crippen LogP contribution in [0.1, 0.15) is 32.8 Å². The fourth-order valence-electron chi connectivity index (χ4n) is 3.43. The number of thioether (sulfide) groups is 1. The van der Waals surface area contributed by atoms with Gasteiger partial charge >= 0.3 is 0 Å². The minimum atomic E-state index is -0.159. The third kappa shape index (κ3) is 4.02. The first-order chi connectivity index (χ1) is 14.5. The van der Waals surface area contributed by atoms with Crippen LogP contribution in [0, 0.1) is 20.8 Å². The number of aromatic nitrogens is 1. The van der Waals surface area contributed by atoms with Crippen LogP contribution in [0.25, 0.3) is 11.3 Å². The summed E-state index contributed by atoms with van der Waals surface area (Å²) in [6.07, 6.45) is 0. The van der Waals surface area contributed by atoms with Gasteiger partial charge in [-0.1, -0.05) is 70.5 Å². The molecule has 1 aliphatic heterocycles. The Hall–Kier alpha value is -2.57. The Morgan fingerprint density at radius 1 is 1.20 bits per heavy atom. The third-order valence-electron chi connectivity index (χ3n) is 5.11. The van der Waals surface area contributed by atoms with E-state index < -0.39 is 0 Å². The highest BCUT2D eigenvalue weighted by atomic mass is 35.5. The Kier molecular flexibility index (Phi) is 5.97. The fraction of sp³-hybridized carbons (Fsp3) is 0.261. The number of aliphatic imine (C=N–C) groups is 1. The molecule has 0 saturated heterocycles. The molecule has 5 nitrogen and oxygen atoms in total. The molecule has 2 heterocycles. The lowest BCUT2D eigenvalue weighted by molar-refractivity contribution is 0.0859. The van der Waals surface area contributed by atoms with Crippen LogP contribution in [0.5, 0.6) is 0 Å². The molecule has 30 heavy (non-hydrogen) atoms. The molecule has 3 aromatic rings. The standard InChI is InChI=1S/C23H22ClN3O2S/c1-14-8-9-15(2)17(12-14)13-30-23-25-10-11-27(23)22(28)20-16(3)29-26-21(20)18-6-4-5-7-19(18)24/h4-9,12H,10-11,13H2,1-3H3. The number of hydrogen-bond donors (Lipinski definition) is 0. The predicted octanol–water partition coefficient (Wildman–Crippen LogP) is 5.67. The number of rotatable bonds is 4. The van der Waals surface area contributed by atoms with Crippen molar-refractivity contribution in [2.75, 3.05) is 13.1 Å². The lowest BCUT2D eigenvalue weighted by Crippen LogP contribution is -2.33. The maximum absolute atomic E-state index is 13.5. The number of amidine groups is 1. The number of halogens is 1. The Morgan fingerprint density at radius 2 is 2.00 bits per heavy atom. The van der Waals surface area contributed by atoms with Crippen molar-refractivity contribution in [2.24, 2.45) is 4.99 Å². The maximum atomic E-state index is 13.5. The van der Waals surface area contributed by atoms with Crippen LogP contribution in [-0.2, 0) is 5.75 Å². The van der Waals surface area contributed by atoms with Crippen LogP contribution in [-0.4, -0.2) is 34.2 Å². The topological polar surface area (TPSA) is 58.7 Å². The van der Waals surface area contributed by atoms with Gasteiger partial charge in [-0.2, -0.15) is 0 Å². The molecule has 7 heteroatoms. The van der Waals surface area contributed by atoms with E-state index in [1.807, 2.05) is 18.2 Å². The number of carbonyl (C=O) groups is 1. The van der Waals surface area contributed by atoms with Gasteiger partial charge in [-0.25, -0.2) is 0 Å². The van der Waals surface area contributed by atoms with Crippen LogP contribution in [0.3, 0.4) is 0 Å². The number of amides is 1. The molecule has 0 saturated carbocycles. The average molecular weight is 440 g/mol. The number of carbonyl (C=O) groups excluding carboxylic acids is 1. The highest BCUT2D eigenvalue weighted by molar-refractivity contribution is 8.13. The van der Waals surface area contributed by atoms with Crippen molar-refractivity contribution in [3.8, 4) is 11.3 Å². The first-order valence-corrected chi connectivity index (χ1v) is 11.1. The van der Waals surface area contributed by atoms with E-state index in [1.165, 1.54) is 16.7 Å². The lowest BCUT2D eigenvalue weighted by atomic mass is 10.1. The monoisotopic (exact) mass is 439 g/mol. The summed E-state index contributed by atoms with van der Waals surface area (Å²) in [5, 5.41) is 5.38. The first-order valence-electron chi connectivity index (χ1n) is 9.72.